The van der Waals surface area contributed by atoms with Gasteiger partial charge in [0.05, 0.1) is 43.0 Å². The molecule has 0 bridgehead atoms. The van der Waals surface area contributed by atoms with Gasteiger partial charge in [0.25, 0.3) is 0 Å². The Morgan fingerprint density at radius 1 is 0.804 bits per heavy atom. The van der Waals surface area contributed by atoms with Crippen molar-refractivity contribution in [3.8, 4) is 0 Å². The number of ether oxygens (including phenoxy) is 6. The Morgan fingerprint density at radius 2 is 1.35 bits per heavy atom. The molecule has 2 amide bonds. The number of hydrogen-bond acceptors (Lipinski definition) is 14. The minimum atomic E-state index is -1.65. The third kappa shape index (κ3) is 10.1. The number of carbonyl (C=O) groups excluding carboxylic acids is 2. The largest absolute Gasteiger partial charge is 0.444 e. The molecule has 0 aromatic carbocycles. The average molecular weight is 666 g/mol. The molecule has 16 heteroatoms. The SMILES string of the molecule is CCC1OC(OC2C(NC(=O)OC(C)(C)C)CC(C)C(OC3OC(CO)C(O)C(NC(=O)OC(C)(C)C)C3O)C2O)C(N)CC1O. The lowest BCUT2D eigenvalue weighted by Crippen LogP contribution is -2.67. The van der Waals surface area contributed by atoms with Crippen LogP contribution in [-0.2, 0) is 28.4 Å². The lowest BCUT2D eigenvalue weighted by atomic mass is 9.80. The lowest BCUT2D eigenvalue weighted by molar-refractivity contribution is -0.321. The quantitative estimate of drug-likeness (QED) is 0.165. The number of nitrogens with one attached hydrogen (secondary N) is 2. The molecule has 0 spiro atoms. The number of carbonyl (C=O) groups is 2. The highest BCUT2D eigenvalue weighted by Crippen LogP contribution is 2.35. The highest BCUT2D eigenvalue weighted by atomic mass is 16.7. The van der Waals surface area contributed by atoms with Crippen molar-refractivity contribution in [2.45, 2.75) is 165 Å². The van der Waals surface area contributed by atoms with Crippen LogP contribution in [-0.4, -0.2) is 135 Å². The number of aliphatic hydroxyl groups is 5. The molecule has 14 unspecified atom stereocenters. The molecule has 16 nitrogen and oxygen atoms in total. The van der Waals surface area contributed by atoms with Crippen LogP contribution in [0.25, 0.3) is 0 Å². The molecule has 268 valence electrons. The lowest BCUT2D eigenvalue weighted by Gasteiger charge is -2.49. The van der Waals surface area contributed by atoms with E-state index in [1.54, 1.807) is 48.5 Å². The van der Waals surface area contributed by atoms with E-state index < -0.39 is 115 Å². The van der Waals surface area contributed by atoms with Crippen molar-refractivity contribution in [1.82, 2.24) is 10.6 Å². The fourth-order valence-corrected chi connectivity index (χ4v) is 5.95. The summed E-state index contributed by atoms with van der Waals surface area (Å²) in [6.07, 6.45) is -12.8. The molecular weight excluding hydrogens is 610 g/mol. The van der Waals surface area contributed by atoms with Gasteiger partial charge in [0.1, 0.15) is 41.7 Å². The van der Waals surface area contributed by atoms with Crippen molar-refractivity contribution in [2.75, 3.05) is 6.61 Å². The number of nitrogens with two attached hydrogens (primary N) is 1. The van der Waals surface area contributed by atoms with Crippen LogP contribution in [0.15, 0.2) is 0 Å². The molecule has 3 aliphatic rings. The summed E-state index contributed by atoms with van der Waals surface area (Å²) in [7, 11) is 0. The molecule has 3 rings (SSSR count). The highest BCUT2D eigenvalue weighted by Gasteiger charge is 2.52. The van der Waals surface area contributed by atoms with E-state index in [9.17, 15) is 35.1 Å². The number of rotatable bonds is 8. The first-order chi connectivity index (χ1) is 21.2. The molecule has 0 radical (unpaired) electrons. The Morgan fingerprint density at radius 3 is 1.89 bits per heavy atom. The van der Waals surface area contributed by atoms with Crippen LogP contribution in [0.4, 0.5) is 9.59 Å². The molecule has 0 aromatic rings. The van der Waals surface area contributed by atoms with E-state index in [1.807, 2.05) is 6.92 Å². The standard InChI is InChI=1S/C30H55N3O13/c1-9-17-16(35)11-14(31)25(41-17)44-24-15(32-27(39)45-29(3,4)5)10-13(2)23(22(24)38)43-26-21(37)19(20(36)18(12-34)42-26)33-28(40)46-30(6,7)8/h13-26,34-38H,9-12,31H2,1-8H3,(H,32,39)(H,33,40). The van der Waals surface area contributed by atoms with E-state index in [4.69, 9.17) is 34.2 Å². The maximum atomic E-state index is 12.8. The summed E-state index contributed by atoms with van der Waals surface area (Å²) in [5.41, 5.74) is 4.61. The number of aliphatic hydroxyl groups excluding tert-OH is 5. The average Bonchev–Trinajstić information content (AvgIpc) is 2.91. The monoisotopic (exact) mass is 665 g/mol. The van der Waals surface area contributed by atoms with Crippen LogP contribution in [0.1, 0.15) is 74.7 Å². The Hall–Kier alpha value is -1.86. The van der Waals surface area contributed by atoms with Crippen molar-refractivity contribution in [1.29, 1.82) is 0 Å². The van der Waals surface area contributed by atoms with E-state index >= 15 is 0 Å². The first-order valence-corrected chi connectivity index (χ1v) is 15.9. The smallest absolute Gasteiger partial charge is 0.408 e. The topological polar surface area (TPSA) is 241 Å². The van der Waals surface area contributed by atoms with Crippen LogP contribution in [0.3, 0.4) is 0 Å². The van der Waals surface area contributed by atoms with Crippen molar-refractivity contribution >= 4 is 12.2 Å². The minimum absolute atomic E-state index is 0.186. The summed E-state index contributed by atoms with van der Waals surface area (Å²) >= 11 is 0. The van der Waals surface area contributed by atoms with Gasteiger partial charge in [0.15, 0.2) is 12.6 Å². The van der Waals surface area contributed by atoms with Gasteiger partial charge < -0.3 is 70.3 Å². The molecule has 0 aromatic heterocycles. The fourth-order valence-electron chi connectivity index (χ4n) is 5.95. The third-order valence-corrected chi connectivity index (χ3v) is 8.11. The Kier molecular flexibility index (Phi) is 13.1. The van der Waals surface area contributed by atoms with E-state index in [0.717, 1.165) is 0 Å². The van der Waals surface area contributed by atoms with E-state index in [2.05, 4.69) is 10.6 Å². The first kappa shape index (κ1) is 38.6. The zero-order valence-electron chi connectivity index (χ0n) is 28.0. The Bertz CT molecular complexity index is 1010. The van der Waals surface area contributed by atoms with Crippen molar-refractivity contribution < 1.29 is 63.5 Å². The number of alkyl carbamates (subject to hydrolysis) is 2. The summed E-state index contributed by atoms with van der Waals surface area (Å²) in [4.78, 5) is 25.3. The van der Waals surface area contributed by atoms with E-state index in [1.165, 1.54) is 0 Å². The molecule has 9 N–H and O–H groups in total. The Balaban J connectivity index is 1.85. The molecule has 2 saturated heterocycles. The molecule has 2 aliphatic heterocycles. The second kappa shape index (κ2) is 15.6. The van der Waals surface area contributed by atoms with Gasteiger partial charge in [-0.2, -0.15) is 0 Å². The van der Waals surface area contributed by atoms with Crippen LogP contribution >= 0.6 is 0 Å². The van der Waals surface area contributed by atoms with Gasteiger partial charge in [0.2, 0.25) is 0 Å². The molecule has 46 heavy (non-hydrogen) atoms. The summed E-state index contributed by atoms with van der Waals surface area (Å²) in [5, 5.41) is 59.1. The summed E-state index contributed by atoms with van der Waals surface area (Å²) in [6.45, 7) is 13.0. The van der Waals surface area contributed by atoms with Crippen LogP contribution < -0.4 is 16.4 Å². The molecule has 1 aliphatic carbocycles. The summed E-state index contributed by atoms with van der Waals surface area (Å²) in [6, 6.07) is -2.91. The zero-order valence-corrected chi connectivity index (χ0v) is 28.0. The van der Waals surface area contributed by atoms with Gasteiger partial charge in [-0.3, -0.25) is 0 Å². The first-order valence-electron chi connectivity index (χ1n) is 15.9. The number of amides is 2. The second-order valence-electron chi connectivity index (χ2n) is 14.5. The van der Waals surface area contributed by atoms with Crippen molar-refractivity contribution in [2.24, 2.45) is 11.7 Å². The maximum Gasteiger partial charge on any atom is 0.408 e. The fraction of sp³-hybridized carbons (Fsp3) is 0.933. The molecule has 3 fully saturated rings. The maximum absolute atomic E-state index is 12.8. The Labute approximate surface area is 270 Å². The van der Waals surface area contributed by atoms with Crippen LogP contribution in [0.2, 0.25) is 0 Å². The molecule has 1 saturated carbocycles. The van der Waals surface area contributed by atoms with Gasteiger partial charge >= 0.3 is 12.2 Å². The van der Waals surface area contributed by atoms with E-state index in [0.29, 0.717) is 6.42 Å². The van der Waals surface area contributed by atoms with Gasteiger partial charge in [-0.25, -0.2) is 9.59 Å². The molecular formula is C30H55N3O13. The van der Waals surface area contributed by atoms with Gasteiger partial charge in [-0.1, -0.05) is 13.8 Å². The highest BCUT2D eigenvalue weighted by molar-refractivity contribution is 5.68. The van der Waals surface area contributed by atoms with Crippen molar-refractivity contribution in [3.63, 3.8) is 0 Å². The normalized spacial score (nSPS) is 40.6. The van der Waals surface area contributed by atoms with Crippen LogP contribution in [0.5, 0.6) is 0 Å². The number of hydrogen-bond donors (Lipinski definition) is 8. The zero-order chi connectivity index (χ0) is 34.7. The van der Waals surface area contributed by atoms with Crippen molar-refractivity contribution in [3.05, 3.63) is 0 Å². The molecule has 2 heterocycles. The van der Waals surface area contributed by atoms with E-state index in [-0.39, 0.29) is 12.8 Å². The second-order valence-corrected chi connectivity index (χ2v) is 14.5. The third-order valence-electron chi connectivity index (χ3n) is 8.11. The molecule has 14 atom stereocenters. The summed E-state index contributed by atoms with van der Waals surface area (Å²) in [5.74, 6) is -0.478. The predicted octanol–water partition coefficient (Wildman–Crippen LogP) is -0.404. The van der Waals surface area contributed by atoms with Crippen LogP contribution in [0, 0.1) is 5.92 Å². The summed E-state index contributed by atoms with van der Waals surface area (Å²) < 4.78 is 34.7. The van der Waals surface area contributed by atoms with Gasteiger partial charge in [-0.05, 0) is 66.7 Å². The van der Waals surface area contributed by atoms with Gasteiger partial charge in [0, 0.05) is 0 Å². The predicted molar refractivity (Wildman–Crippen MR) is 161 cm³/mol. The minimum Gasteiger partial charge on any atom is -0.444 e. The van der Waals surface area contributed by atoms with Gasteiger partial charge in [-0.15, -0.1) is 0 Å².